The molecule has 1 aromatic heterocycles. The van der Waals surface area contributed by atoms with Gasteiger partial charge in [-0.3, -0.25) is 10.1 Å². The molecule has 21 heavy (non-hydrogen) atoms. The maximum absolute atomic E-state index is 11.5. The number of nitrogens with zero attached hydrogens (tertiary/aromatic N) is 1. The highest BCUT2D eigenvalue weighted by Gasteiger charge is 2.20. The molecular formula is C16H20N2O2S. The Bertz CT molecular complexity index is 610. The molecule has 1 heterocycles. The maximum Gasteiger partial charge on any atom is 0.322 e. The van der Waals surface area contributed by atoms with Crippen LogP contribution in [0.2, 0.25) is 0 Å². The number of carbonyl (C=O) groups excluding carboxylic acids is 1. The van der Waals surface area contributed by atoms with Crippen molar-refractivity contribution in [2.24, 2.45) is 0 Å². The fourth-order valence-electron chi connectivity index (χ4n) is 2.21. The molecule has 0 aliphatic heterocycles. The van der Waals surface area contributed by atoms with Crippen LogP contribution in [0, 0.1) is 6.92 Å². The first-order valence-corrected chi connectivity index (χ1v) is 7.71. The number of methoxy groups -OCH3 is 1. The Hall–Kier alpha value is -1.72. The van der Waals surface area contributed by atoms with Crippen molar-refractivity contribution in [2.75, 3.05) is 7.11 Å². The number of esters is 1. The molecule has 0 bridgehead atoms. The molecule has 0 saturated heterocycles. The second-order valence-corrected chi connectivity index (χ2v) is 6.00. The number of ether oxygens (including phenoxy) is 1. The lowest BCUT2D eigenvalue weighted by Gasteiger charge is -2.17. The van der Waals surface area contributed by atoms with Crippen LogP contribution in [-0.4, -0.2) is 24.1 Å². The van der Waals surface area contributed by atoms with Crippen LogP contribution < -0.4 is 5.32 Å². The van der Waals surface area contributed by atoms with Gasteiger partial charge in [-0.05, 0) is 20.8 Å². The van der Waals surface area contributed by atoms with Gasteiger partial charge in [0, 0.05) is 16.5 Å². The van der Waals surface area contributed by atoms with E-state index in [4.69, 9.17) is 4.74 Å². The highest BCUT2D eigenvalue weighted by Crippen LogP contribution is 2.31. The Morgan fingerprint density at radius 1 is 1.29 bits per heavy atom. The van der Waals surface area contributed by atoms with Gasteiger partial charge < -0.3 is 4.74 Å². The van der Waals surface area contributed by atoms with Crippen molar-refractivity contribution in [1.29, 1.82) is 0 Å². The molecule has 5 heteroatoms. The number of hydrogen-bond donors (Lipinski definition) is 1. The third-order valence-electron chi connectivity index (χ3n) is 3.30. The third-order valence-corrected chi connectivity index (χ3v) is 4.69. The summed E-state index contributed by atoms with van der Waals surface area (Å²) in [5.74, 6) is -0.257. The lowest BCUT2D eigenvalue weighted by atomic mass is 10.2. The average Bonchev–Trinajstić information content (AvgIpc) is 2.89. The van der Waals surface area contributed by atoms with E-state index in [0.717, 1.165) is 21.1 Å². The average molecular weight is 304 g/mol. The van der Waals surface area contributed by atoms with Gasteiger partial charge in [-0.1, -0.05) is 30.3 Å². The molecule has 0 saturated carbocycles. The summed E-state index contributed by atoms with van der Waals surface area (Å²) >= 11 is 1.66. The second-order valence-electron chi connectivity index (χ2n) is 4.97. The smallest absolute Gasteiger partial charge is 0.322 e. The van der Waals surface area contributed by atoms with E-state index in [2.05, 4.69) is 22.4 Å². The Balaban J connectivity index is 2.17. The van der Waals surface area contributed by atoms with E-state index in [1.54, 1.807) is 18.3 Å². The highest BCUT2D eigenvalue weighted by molar-refractivity contribution is 7.15. The molecule has 0 aliphatic rings. The summed E-state index contributed by atoms with van der Waals surface area (Å²) in [5.41, 5.74) is 2.11. The SMILES string of the molecule is COC(=O)C(C)NC(C)c1sc(-c2ccccc2)nc1C. The topological polar surface area (TPSA) is 51.2 Å². The zero-order valence-corrected chi connectivity index (χ0v) is 13.5. The van der Waals surface area contributed by atoms with Crippen LogP contribution in [0.15, 0.2) is 30.3 Å². The van der Waals surface area contributed by atoms with Crippen molar-refractivity contribution in [1.82, 2.24) is 10.3 Å². The number of aromatic nitrogens is 1. The standard InChI is InChI=1S/C16H20N2O2S/c1-10(17-12(3)16(19)20-4)14-11(2)18-15(21-14)13-8-6-5-7-9-13/h5-10,12,17H,1-4H3. The van der Waals surface area contributed by atoms with Gasteiger partial charge in [-0.15, -0.1) is 11.3 Å². The van der Waals surface area contributed by atoms with Crippen LogP contribution in [0.4, 0.5) is 0 Å². The van der Waals surface area contributed by atoms with E-state index in [9.17, 15) is 4.79 Å². The molecule has 0 aliphatic carbocycles. The van der Waals surface area contributed by atoms with Gasteiger partial charge in [0.1, 0.15) is 11.0 Å². The van der Waals surface area contributed by atoms with Gasteiger partial charge in [0.15, 0.2) is 0 Å². The fourth-order valence-corrected chi connectivity index (χ4v) is 3.29. The number of thiazole rings is 1. The molecule has 1 N–H and O–H groups in total. The molecule has 0 fully saturated rings. The zero-order chi connectivity index (χ0) is 15.4. The first-order valence-electron chi connectivity index (χ1n) is 6.89. The Morgan fingerprint density at radius 3 is 2.57 bits per heavy atom. The number of aryl methyl sites for hydroxylation is 1. The zero-order valence-electron chi connectivity index (χ0n) is 12.7. The number of benzene rings is 1. The molecule has 2 atom stereocenters. The quantitative estimate of drug-likeness (QED) is 0.861. The Morgan fingerprint density at radius 2 is 1.95 bits per heavy atom. The predicted octanol–water partition coefficient (Wildman–Crippen LogP) is 3.33. The van der Waals surface area contributed by atoms with E-state index < -0.39 is 0 Å². The van der Waals surface area contributed by atoms with Gasteiger partial charge in [0.25, 0.3) is 0 Å². The Labute approximate surface area is 129 Å². The summed E-state index contributed by atoms with van der Waals surface area (Å²) in [6.45, 7) is 5.84. The molecule has 0 spiro atoms. The van der Waals surface area contributed by atoms with Crippen molar-refractivity contribution >= 4 is 17.3 Å². The Kier molecular flexibility index (Phi) is 5.09. The van der Waals surface area contributed by atoms with Gasteiger partial charge in [-0.25, -0.2) is 4.98 Å². The van der Waals surface area contributed by atoms with Crippen molar-refractivity contribution in [3.63, 3.8) is 0 Å². The minimum Gasteiger partial charge on any atom is -0.468 e. The van der Waals surface area contributed by atoms with E-state index in [1.165, 1.54) is 7.11 Å². The van der Waals surface area contributed by atoms with Crippen molar-refractivity contribution in [3.8, 4) is 10.6 Å². The minimum atomic E-state index is -0.341. The number of hydrogen-bond acceptors (Lipinski definition) is 5. The van der Waals surface area contributed by atoms with Crippen LogP contribution in [0.25, 0.3) is 10.6 Å². The van der Waals surface area contributed by atoms with E-state index in [-0.39, 0.29) is 18.1 Å². The largest absolute Gasteiger partial charge is 0.468 e. The molecule has 2 rings (SSSR count). The predicted molar refractivity (Wildman–Crippen MR) is 85.3 cm³/mol. The number of carbonyl (C=O) groups is 1. The second kappa shape index (κ2) is 6.83. The maximum atomic E-state index is 11.5. The molecule has 0 radical (unpaired) electrons. The van der Waals surface area contributed by atoms with Crippen LogP contribution >= 0.6 is 11.3 Å². The summed E-state index contributed by atoms with van der Waals surface area (Å²) < 4.78 is 4.74. The van der Waals surface area contributed by atoms with Gasteiger partial charge in [0.2, 0.25) is 0 Å². The summed E-state index contributed by atoms with van der Waals surface area (Å²) in [6, 6.07) is 9.82. The fraction of sp³-hybridized carbons (Fsp3) is 0.375. The molecule has 1 aromatic carbocycles. The highest BCUT2D eigenvalue weighted by atomic mass is 32.1. The summed E-state index contributed by atoms with van der Waals surface area (Å²) in [4.78, 5) is 17.3. The lowest BCUT2D eigenvalue weighted by Crippen LogP contribution is -2.36. The lowest BCUT2D eigenvalue weighted by molar-refractivity contribution is -0.142. The van der Waals surface area contributed by atoms with Crippen LogP contribution in [0.3, 0.4) is 0 Å². The number of nitrogens with one attached hydrogen (secondary N) is 1. The summed E-state index contributed by atoms with van der Waals surface area (Å²) in [6.07, 6.45) is 0. The molecular weight excluding hydrogens is 284 g/mol. The van der Waals surface area contributed by atoms with Crippen molar-refractivity contribution < 1.29 is 9.53 Å². The molecule has 2 unspecified atom stereocenters. The summed E-state index contributed by atoms with van der Waals surface area (Å²) in [5, 5.41) is 4.25. The molecule has 4 nitrogen and oxygen atoms in total. The monoisotopic (exact) mass is 304 g/mol. The molecule has 112 valence electrons. The van der Waals surface area contributed by atoms with E-state index in [1.807, 2.05) is 32.0 Å². The van der Waals surface area contributed by atoms with Gasteiger partial charge in [-0.2, -0.15) is 0 Å². The van der Waals surface area contributed by atoms with Gasteiger partial charge >= 0.3 is 5.97 Å². The third kappa shape index (κ3) is 3.68. The van der Waals surface area contributed by atoms with E-state index >= 15 is 0 Å². The first-order chi connectivity index (χ1) is 10.0. The van der Waals surface area contributed by atoms with Crippen molar-refractivity contribution in [3.05, 3.63) is 40.9 Å². The summed E-state index contributed by atoms with van der Waals surface area (Å²) in [7, 11) is 1.40. The van der Waals surface area contributed by atoms with Gasteiger partial charge in [0.05, 0.1) is 12.8 Å². The first kappa shape index (κ1) is 15.7. The minimum absolute atomic E-state index is 0.0501. The van der Waals surface area contributed by atoms with E-state index in [0.29, 0.717) is 0 Å². The molecule has 2 aromatic rings. The van der Waals surface area contributed by atoms with Crippen LogP contribution in [0.5, 0.6) is 0 Å². The normalized spacial score (nSPS) is 13.7. The molecule has 0 amide bonds. The van der Waals surface area contributed by atoms with Crippen molar-refractivity contribution in [2.45, 2.75) is 32.9 Å². The van der Waals surface area contributed by atoms with Crippen LogP contribution in [0.1, 0.15) is 30.5 Å². The van der Waals surface area contributed by atoms with Crippen LogP contribution in [-0.2, 0) is 9.53 Å². The number of rotatable bonds is 5.